The Bertz CT molecular complexity index is 574. The highest BCUT2D eigenvalue weighted by atomic mass is 32.2. The van der Waals surface area contributed by atoms with Crippen molar-refractivity contribution in [1.82, 2.24) is 9.71 Å². The molecule has 0 saturated heterocycles. The van der Waals surface area contributed by atoms with Crippen molar-refractivity contribution in [3.8, 4) is 5.88 Å². The number of aromatic nitrogens is 1. The van der Waals surface area contributed by atoms with E-state index in [-0.39, 0.29) is 10.8 Å². The van der Waals surface area contributed by atoms with Crippen LogP contribution in [0.4, 0.5) is 0 Å². The van der Waals surface area contributed by atoms with Crippen molar-refractivity contribution in [1.29, 1.82) is 0 Å². The topological polar surface area (TPSA) is 94.3 Å². The Balaban J connectivity index is 2.26. The van der Waals surface area contributed by atoms with Crippen molar-refractivity contribution in [2.45, 2.75) is 43.0 Å². The fraction of sp³-hybridized carbons (Fsp3) is 0.643. The first kappa shape index (κ1) is 16.2. The highest BCUT2D eigenvalue weighted by Gasteiger charge is 2.40. The average Bonchev–Trinajstić information content (AvgIpc) is 2.49. The van der Waals surface area contributed by atoms with E-state index < -0.39 is 15.6 Å². The number of nitrogens with two attached hydrogens (primary N) is 1. The Morgan fingerprint density at radius 1 is 1.48 bits per heavy atom. The van der Waals surface area contributed by atoms with Crippen LogP contribution in [0.2, 0.25) is 0 Å². The van der Waals surface area contributed by atoms with Crippen LogP contribution in [-0.2, 0) is 10.0 Å². The minimum atomic E-state index is -3.64. The van der Waals surface area contributed by atoms with Crippen LogP contribution in [0.1, 0.15) is 32.6 Å². The third kappa shape index (κ3) is 3.36. The lowest BCUT2D eigenvalue weighted by Gasteiger charge is -2.42. The summed E-state index contributed by atoms with van der Waals surface area (Å²) < 4.78 is 32.9. The van der Waals surface area contributed by atoms with E-state index in [0.717, 1.165) is 25.7 Å². The summed E-state index contributed by atoms with van der Waals surface area (Å²) in [5.41, 5.74) is 5.34. The molecule has 1 aromatic heterocycles. The van der Waals surface area contributed by atoms with Crippen molar-refractivity contribution in [3.05, 3.63) is 18.3 Å². The van der Waals surface area contributed by atoms with E-state index in [9.17, 15) is 8.42 Å². The molecule has 2 rings (SSSR count). The number of rotatable bonds is 5. The molecule has 0 spiro atoms. The zero-order chi connectivity index (χ0) is 15.5. The number of pyridine rings is 1. The van der Waals surface area contributed by atoms with Gasteiger partial charge in [-0.2, -0.15) is 0 Å². The zero-order valence-corrected chi connectivity index (χ0v) is 13.3. The van der Waals surface area contributed by atoms with Gasteiger partial charge >= 0.3 is 0 Å². The van der Waals surface area contributed by atoms with Gasteiger partial charge < -0.3 is 10.5 Å². The predicted molar refractivity (Wildman–Crippen MR) is 80.5 cm³/mol. The lowest BCUT2D eigenvalue weighted by Crippen LogP contribution is -2.58. The molecule has 2 unspecified atom stereocenters. The summed E-state index contributed by atoms with van der Waals surface area (Å²) in [7, 11) is -2.15. The molecule has 7 heteroatoms. The minimum Gasteiger partial charge on any atom is -0.481 e. The van der Waals surface area contributed by atoms with Crippen molar-refractivity contribution >= 4 is 10.0 Å². The maximum atomic E-state index is 12.6. The summed E-state index contributed by atoms with van der Waals surface area (Å²) in [6.45, 7) is 2.36. The number of nitrogens with one attached hydrogen (secondary N) is 1. The molecule has 0 radical (unpaired) electrons. The molecule has 0 amide bonds. The maximum Gasteiger partial charge on any atom is 0.242 e. The molecular formula is C14H23N3O3S. The second-order valence-electron chi connectivity index (χ2n) is 5.65. The van der Waals surface area contributed by atoms with Crippen LogP contribution in [0.15, 0.2) is 23.2 Å². The third-order valence-electron chi connectivity index (χ3n) is 4.38. The molecule has 1 aromatic rings. The summed E-state index contributed by atoms with van der Waals surface area (Å²) in [5, 5.41) is 0. The van der Waals surface area contributed by atoms with E-state index in [2.05, 4.69) is 16.6 Å². The lowest BCUT2D eigenvalue weighted by molar-refractivity contribution is 0.191. The highest BCUT2D eigenvalue weighted by molar-refractivity contribution is 7.89. The largest absolute Gasteiger partial charge is 0.481 e. The van der Waals surface area contributed by atoms with Crippen LogP contribution in [0.5, 0.6) is 5.88 Å². The van der Waals surface area contributed by atoms with E-state index in [1.54, 1.807) is 0 Å². The fourth-order valence-corrected chi connectivity index (χ4v) is 4.36. The van der Waals surface area contributed by atoms with Crippen LogP contribution in [-0.4, -0.2) is 32.6 Å². The number of methoxy groups -OCH3 is 1. The Kier molecular flexibility index (Phi) is 4.85. The Hall–Kier alpha value is -1.18. The van der Waals surface area contributed by atoms with Crippen LogP contribution in [0, 0.1) is 5.92 Å². The molecule has 1 heterocycles. The Morgan fingerprint density at radius 2 is 2.24 bits per heavy atom. The monoisotopic (exact) mass is 313 g/mol. The normalized spacial score (nSPS) is 26.5. The molecular weight excluding hydrogens is 290 g/mol. The van der Waals surface area contributed by atoms with Crippen molar-refractivity contribution in [2.75, 3.05) is 13.7 Å². The number of ether oxygens (including phenoxy) is 1. The summed E-state index contributed by atoms with van der Waals surface area (Å²) in [6, 6.07) is 3.03. The number of nitrogens with zero attached hydrogens (tertiary/aromatic N) is 1. The number of hydrogen-bond donors (Lipinski definition) is 2. The molecule has 21 heavy (non-hydrogen) atoms. The molecule has 2 atom stereocenters. The number of hydrogen-bond acceptors (Lipinski definition) is 5. The molecule has 118 valence electrons. The first-order chi connectivity index (χ1) is 9.93. The zero-order valence-electron chi connectivity index (χ0n) is 12.5. The molecule has 0 bridgehead atoms. The average molecular weight is 313 g/mol. The first-order valence-electron chi connectivity index (χ1n) is 7.17. The van der Waals surface area contributed by atoms with Gasteiger partial charge in [-0.05, 0) is 24.8 Å². The van der Waals surface area contributed by atoms with E-state index in [0.29, 0.717) is 12.4 Å². The predicted octanol–water partition coefficient (Wildman–Crippen LogP) is 1.28. The minimum absolute atomic E-state index is 0.133. The van der Waals surface area contributed by atoms with Crippen molar-refractivity contribution < 1.29 is 13.2 Å². The van der Waals surface area contributed by atoms with Gasteiger partial charge in [-0.15, -0.1) is 0 Å². The second kappa shape index (κ2) is 6.29. The molecule has 0 aliphatic heterocycles. The SMILES string of the molecule is COc1ccc(S(=O)(=O)NC2(CN)CCCCC2C)cn1. The van der Waals surface area contributed by atoms with E-state index >= 15 is 0 Å². The summed E-state index contributed by atoms with van der Waals surface area (Å²) in [5.74, 6) is 0.603. The van der Waals surface area contributed by atoms with E-state index in [1.807, 2.05) is 0 Å². The Morgan fingerprint density at radius 3 is 2.76 bits per heavy atom. The quantitative estimate of drug-likeness (QED) is 0.854. The van der Waals surface area contributed by atoms with Crippen LogP contribution in [0.3, 0.4) is 0 Å². The molecule has 6 nitrogen and oxygen atoms in total. The van der Waals surface area contributed by atoms with Crippen molar-refractivity contribution in [2.24, 2.45) is 11.7 Å². The standard InChI is InChI=1S/C14H23N3O3S/c1-11-5-3-4-8-14(11,10-15)17-21(18,19)12-6-7-13(20-2)16-9-12/h6-7,9,11,17H,3-5,8,10,15H2,1-2H3. The molecule has 1 saturated carbocycles. The summed E-state index contributed by atoms with van der Waals surface area (Å²) >= 11 is 0. The van der Waals surface area contributed by atoms with Gasteiger partial charge in [0.15, 0.2) is 0 Å². The summed E-state index contributed by atoms with van der Waals surface area (Å²) in [6.07, 6.45) is 5.17. The van der Waals surface area contributed by atoms with Gasteiger partial charge in [0, 0.05) is 18.2 Å². The van der Waals surface area contributed by atoms with Crippen molar-refractivity contribution in [3.63, 3.8) is 0 Å². The van der Waals surface area contributed by atoms with Crippen LogP contribution in [0.25, 0.3) is 0 Å². The van der Waals surface area contributed by atoms with Gasteiger partial charge in [-0.1, -0.05) is 19.8 Å². The first-order valence-corrected chi connectivity index (χ1v) is 8.66. The van der Waals surface area contributed by atoms with Gasteiger partial charge in [0.1, 0.15) is 4.90 Å². The molecule has 3 N–H and O–H groups in total. The lowest BCUT2D eigenvalue weighted by atomic mass is 9.74. The van der Waals surface area contributed by atoms with E-state index in [4.69, 9.17) is 10.5 Å². The highest BCUT2D eigenvalue weighted by Crippen LogP contribution is 2.34. The number of sulfonamides is 1. The molecule has 1 fully saturated rings. The van der Waals surface area contributed by atoms with Gasteiger partial charge in [-0.25, -0.2) is 18.1 Å². The van der Waals surface area contributed by atoms with E-state index in [1.165, 1.54) is 25.4 Å². The maximum absolute atomic E-state index is 12.6. The third-order valence-corrected chi connectivity index (χ3v) is 5.92. The molecule has 1 aliphatic rings. The van der Waals surface area contributed by atoms with Gasteiger partial charge in [-0.3, -0.25) is 0 Å². The fourth-order valence-electron chi connectivity index (χ4n) is 2.88. The Labute approximate surface area is 126 Å². The van der Waals surface area contributed by atoms with Gasteiger partial charge in [0.2, 0.25) is 15.9 Å². The molecule has 1 aliphatic carbocycles. The second-order valence-corrected chi connectivity index (χ2v) is 7.33. The van der Waals surface area contributed by atoms with Gasteiger partial charge in [0.05, 0.1) is 13.3 Å². The van der Waals surface area contributed by atoms with Crippen LogP contribution >= 0.6 is 0 Å². The smallest absolute Gasteiger partial charge is 0.242 e. The van der Waals surface area contributed by atoms with Crippen LogP contribution < -0.4 is 15.2 Å². The molecule has 0 aromatic carbocycles. The summed E-state index contributed by atoms with van der Waals surface area (Å²) in [4.78, 5) is 4.08. The van der Waals surface area contributed by atoms with Gasteiger partial charge in [0.25, 0.3) is 0 Å².